The van der Waals surface area contributed by atoms with Gasteiger partial charge in [0.25, 0.3) is 0 Å². The summed E-state index contributed by atoms with van der Waals surface area (Å²) < 4.78 is 13.4. The number of nitrogens with two attached hydrogens (primary N) is 1. The largest absolute Gasteiger partial charge is 0.327 e. The van der Waals surface area contributed by atoms with Gasteiger partial charge in [0.2, 0.25) is 0 Å². The van der Waals surface area contributed by atoms with Crippen molar-refractivity contribution in [2.45, 2.75) is 35.6 Å². The summed E-state index contributed by atoms with van der Waals surface area (Å²) in [5, 5.41) is 0. The van der Waals surface area contributed by atoms with E-state index in [4.69, 9.17) is 5.73 Å². The van der Waals surface area contributed by atoms with E-state index in [1.54, 1.807) is 17.8 Å². The predicted octanol–water partition coefficient (Wildman–Crippen LogP) is 4.26. The third-order valence-corrected chi connectivity index (χ3v) is 4.13. The lowest BCUT2D eigenvalue weighted by Gasteiger charge is -2.13. The predicted molar refractivity (Wildman–Crippen MR) is 78.9 cm³/mol. The van der Waals surface area contributed by atoms with E-state index in [1.807, 2.05) is 31.2 Å². The number of benzene rings is 2. The fourth-order valence-electron chi connectivity index (χ4n) is 1.85. The molecule has 0 heterocycles. The first-order valence-corrected chi connectivity index (χ1v) is 7.27. The molecule has 0 aromatic heterocycles. The molecule has 0 radical (unpaired) electrons. The summed E-state index contributed by atoms with van der Waals surface area (Å²) in [6.45, 7) is 2.05. The minimum absolute atomic E-state index is 0.0805. The zero-order valence-electron chi connectivity index (χ0n) is 11.0. The molecule has 0 aliphatic carbocycles. The van der Waals surface area contributed by atoms with Gasteiger partial charge in [0.1, 0.15) is 5.82 Å². The molecule has 1 unspecified atom stereocenters. The van der Waals surface area contributed by atoms with E-state index in [0.717, 1.165) is 21.8 Å². The molecule has 19 heavy (non-hydrogen) atoms. The Morgan fingerprint density at radius 2 is 1.89 bits per heavy atom. The molecule has 0 saturated carbocycles. The summed E-state index contributed by atoms with van der Waals surface area (Å²) in [6.07, 6.45) is 1.61. The zero-order valence-corrected chi connectivity index (χ0v) is 11.8. The van der Waals surface area contributed by atoms with Crippen LogP contribution in [0, 0.1) is 5.82 Å². The maximum atomic E-state index is 13.4. The van der Waals surface area contributed by atoms with Gasteiger partial charge in [-0.3, -0.25) is 0 Å². The van der Waals surface area contributed by atoms with Gasteiger partial charge < -0.3 is 5.73 Å². The molecule has 1 nitrogen and oxygen atoms in total. The van der Waals surface area contributed by atoms with Gasteiger partial charge in [0.05, 0.1) is 0 Å². The third kappa shape index (κ3) is 4.08. The third-order valence-electron chi connectivity index (χ3n) is 3.00. The van der Waals surface area contributed by atoms with Crippen LogP contribution in [0.3, 0.4) is 0 Å². The Balaban J connectivity index is 2.24. The normalized spacial score (nSPS) is 12.4. The first kappa shape index (κ1) is 14.1. The van der Waals surface area contributed by atoms with Gasteiger partial charge in [-0.15, -0.1) is 0 Å². The van der Waals surface area contributed by atoms with Gasteiger partial charge in [-0.25, -0.2) is 4.39 Å². The SMILES string of the molecule is CCC(N)Cc1cc(F)ccc1Sc1ccccc1. The van der Waals surface area contributed by atoms with E-state index in [1.165, 1.54) is 6.07 Å². The molecule has 0 bridgehead atoms. The summed E-state index contributed by atoms with van der Waals surface area (Å²) in [6, 6.07) is 15.1. The Morgan fingerprint density at radius 1 is 1.16 bits per heavy atom. The van der Waals surface area contributed by atoms with Crippen molar-refractivity contribution in [2.75, 3.05) is 0 Å². The molecule has 0 aliphatic rings. The van der Waals surface area contributed by atoms with E-state index in [9.17, 15) is 4.39 Å². The van der Waals surface area contributed by atoms with Crippen LogP contribution in [0.2, 0.25) is 0 Å². The number of hydrogen-bond donors (Lipinski definition) is 1. The van der Waals surface area contributed by atoms with Crippen LogP contribution in [0.25, 0.3) is 0 Å². The van der Waals surface area contributed by atoms with Gasteiger partial charge in [-0.2, -0.15) is 0 Å². The van der Waals surface area contributed by atoms with E-state index < -0.39 is 0 Å². The second-order valence-electron chi connectivity index (χ2n) is 4.54. The van der Waals surface area contributed by atoms with Crippen LogP contribution in [-0.2, 0) is 6.42 Å². The van der Waals surface area contributed by atoms with Crippen molar-refractivity contribution in [3.63, 3.8) is 0 Å². The summed E-state index contributed by atoms with van der Waals surface area (Å²) >= 11 is 1.65. The van der Waals surface area contributed by atoms with E-state index >= 15 is 0 Å². The van der Waals surface area contributed by atoms with Crippen molar-refractivity contribution in [3.05, 3.63) is 59.9 Å². The molecular formula is C16H18FNS. The van der Waals surface area contributed by atoms with E-state index in [0.29, 0.717) is 6.42 Å². The average Bonchev–Trinajstić information content (AvgIpc) is 2.43. The molecule has 0 aliphatic heterocycles. The highest BCUT2D eigenvalue weighted by Gasteiger charge is 2.09. The summed E-state index contributed by atoms with van der Waals surface area (Å²) in [7, 11) is 0. The first-order valence-electron chi connectivity index (χ1n) is 6.46. The highest BCUT2D eigenvalue weighted by atomic mass is 32.2. The van der Waals surface area contributed by atoms with Crippen molar-refractivity contribution in [1.29, 1.82) is 0 Å². The second-order valence-corrected chi connectivity index (χ2v) is 5.65. The molecule has 100 valence electrons. The van der Waals surface area contributed by atoms with Crippen LogP contribution >= 0.6 is 11.8 Å². The Morgan fingerprint density at radius 3 is 2.58 bits per heavy atom. The molecule has 0 fully saturated rings. The minimum atomic E-state index is -0.198. The number of hydrogen-bond acceptors (Lipinski definition) is 2. The van der Waals surface area contributed by atoms with E-state index in [2.05, 4.69) is 12.1 Å². The van der Waals surface area contributed by atoms with Crippen molar-refractivity contribution in [1.82, 2.24) is 0 Å². The lowest BCUT2D eigenvalue weighted by atomic mass is 10.0. The minimum Gasteiger partial charge on any atom is -0.327 e. The summed E-state index contributed by atoms with van der Waals surface area (Å²) in [5.41, 5.74) is 6.97. The maximum absolute atomic E-state index is 13.4. The zero-order chi connectivity index (χ0) is 13.7. The lowest BCUT2D eigenvalue weighted by molar-refractivity contribution is 0.610. The van der Waals surface area contributed by atoms with Gasteiger partial charge in [-0.1, -0.05) is 36.9 Å². The monoisotopic (exact) mass is 275 g/mol. The molecule has 2 N–H and O–H groups in total. The molecule has 0 spiro atoms. The van der Waals surface area contributed by atoms with Crippen molar-refractivity contribution in [2.24, 2.45) is 5.73 Å². The Kier molecular flexibility index (Phi) is 5.00. The second kappa shape index (κ2) is 6.73. The molecule has 2 rings (SSSR count). The highest BCUT2D eigenvalue weighted by Crippen LogP contribution is 2.31. The average molecular weight is 275 g/mol. The van der Waals surface area contributed by atoms with Crippen LogP contribution < -0.4 is 5.73 Å². The fraction of sp³-hybridized carbons (Fsp3) is 0.250. The highest BCUT2D eigenvalue weighted by molar-refractivity contribution is 7.99. The topological polar surface area (TPSA) is 26.0 Å². The quantitative estimate of drug-likeness (QED) is 0.882. The van der Waals surface area contributed by atoms with Gasteiger partial charge in [0.15, 0.2) is 0 Å². The number of rotatable bonds is 5. The maximum Gasteiger partial charge on any atom is 0.123 e. The molecule has 0 saturated heterocycles. The Hall–Kier alpha value is -1.32. The Labute approximate surface area is 118 Å². The van der Waals surface area contributed by atoms with E-state index in [-0.39, 0.29) is 11.9 Å². The molecule has 3 heteroatoms. The van der Waals surface area contributed by atoms with Crippen molar-refractivity contribution < 1.29 is 4.39 Å². The molecule has 2 aromatic rings. The molecular weight excluding hydrogens is 257 g/mol. The fourth-order valence-corrected chi connectivity index (χ4v) is 2.81. The van der Waals surface area contributed by atoms with Gasteiger partial charge in [0, 0.05) is 15.8 Å². The molecule has 0 amide bonds. The van der Waals surface area contributed by atoms with Crippen LogP contribution in [0.15, 0.2) is 58.3 Å². The van der Waals surface area contributed by atoms with Crippen LogP contribution in [0.5, 0.6) is 0 Å². The van der Waals surface area contributed by atoms with Crippen LogP contribution in [0.4, 0.5) is 4.39 Å². The molecule has 2 aromatic carbocycles. The molecule has 1 atom stereocenters. The van der Waals surface area contributed by atoms with Gasteiger partial charge >= 0.3 is 0 Å². The standard InChI is InChI=1S/C16H18FNS/c1-2-14(18)11-12-10-13(17)8-9-16(12)19-15-6-4-3-5-7-15/h3-10,14H,2,11,18H2,1H3. The van der Waals surface area contributed by atoms with Crippen LogP contribution in [0.1, 0.15) is 18.9 Å². The number of halogens is 1. The Bertz CT molecular complexity index is 528. The summed E-state index contributed by atoms with van der Waals surface area (Å²) in [5.74, 6) is -0.198. The summed E-state index contributed by atoms with van der Waals surface area (Å²) in [4.78, 5) is 2.23. The van der Waals surface area contributed by atoms with Crippen LogP contribution in [-0.4, -0.2) is 6.04 Å². The first-order chi connectivity index (χ1) is 9.19. The van der Waals surface area contributed by atoms with Gasteiger partial charge in [-0.05, 0) is 48.7 Å². The lowest BCUT2D eigenvalue weighted by Crippen LogP contribution is -2.21. The van der Waals surface area contributed by atoms with Crippen molar-refractivity contribution in [3.8, 4) is 0 Å². The van der Waals surface area contributed by atoms with Crippen molar-refractivity contribution >= 4 is 11.8 Å². The smallest absolute Gasteiger partial charge is 0.123 e.